The first-order chi connectivity index (χ1) is 8.99. The summed E-state index contributed by atoms with van der Waals surface area (Å²) in [6, 6.07) is 3.95. The van der Waals surface area contributed by atoms with Crippen LogP contribution in [0.4, 0.5) is 10.5 Å². The quantitative estimate of drug-likeness (QED) is 0.633. The van der Waals surface area contributed by atoms with Crippen LogP contribution in [-0.4, -0.2) is 26.7 Å². The van der Waals surface area contributed by atoms with Crippen LogP contribution in [0.1, 0.15) is 12.0 Å². The van der Waals surface area contributed by atoms with Crippen LogP contribution < -0.4 is 0 Å². The number of nitro benzene ring substituents is 1. The molecule has 0 aromatic heterocycles. The summed E-state index contributed by atoms with van der Waals surface area (Å²) in [5.74, 6) is 0.183. The number of thioether (sulfide) groups is 1. The van der Waals surface area contributed by atoms with Gasteiger partial charge in [-0.15, -0.1) is 0 Å². The van der Waals surface area contributed by atoms with E-state index in [0.717, 1.165) is 16.7 Å². The third-order valence-corrected chi connectivity index (χ3v) is 3.88. The molecule has 1 fully saturated rings. The Hall–Kier alpha value is -1.60. The van der Waals surface area contributed by atoms with Crippen molar-refractivity contribution in [1.29, 1.82) is 0 Å². The Labute approximate surface area is 117 Å². The van der Waals surface area contributed by atoms with Crippen molar-refractivity contribution in [2.24, 2.45) is 0 Å². The predicted molar refractivity (Wildman–Crippen MR) is 71.1 cm³/mol. The van der Waals surface area contributed by atoms with Gasteiger partial charge in [-0.25, -0.2) is 0 Å². The fraction of sp³-hybridized carbons (Fsp3) is 0.273. The molecular weight excluding hydrogens is 292 g/mol. The summed E-state index contributed by atoms with van der Waals surface area (Å²) in [4.78, 5) is 34.5. The van der Waals surface area contributed by atoms with E-state index in [1.165, 1.54) is 18.2 Å². The van der Waals surface area contributed by atoms with Gasteiger partial charge in [0.2, 0.25) is 5.91 Å². The second-order valence-electron chi connectivity index (χ2n) is 3.88. The van der Waals surface area contributed by atoms with Crippen molar-refractivity contribution in [3.63, 3.8) is 0 Å². The molecule has 0 saturated carbocycles. The monoisotopic (exact) mass is 300 g/mol. The summed E-state index contributed by atoms with van der Waals surface area (Å²) in [5, 5.41) is 10.6. The Kier molecular flexibility index (Phi) is 4.06. The van der Waals surface area contributed by atoms with E-state index < -0.39 is 4.92 Å². The molecule has 2 amide bonds. The minimum atomic E-state index is -0.547. The number of nitro groups is 1. The molecule has 19 heavy (non-hydrogen) atoms. The maximum Gasteiger partial charge on any atom is 0.288 e. The maximum absolute atomic E-state index is 11.7. The molecule has 0 bridgehead atoms. The Balaban J connectivity index is 2.27. The van der Waals surface area contributed by atoms with Gasteiger partial charge < -0.3 is 0 Å². The number of non-ortho nitro benzene ring substituents is 1. The van der Waals surface area contributed by atoms with Gasteiger partial charge in [0, 0.05) is 29.3 Å². The summed E-state index contributed by atoms with van der Waals surface area (Å²) < 4.78 is 0. The third-order valence-electron chi connectivity index (χ3n) is 2.63. The van der Waals surface area contributed by atoms with E-state index in [1.807, 2.05) is 0 Å². The van der Waals surface area contributed by atoms with Crippen LogP contribution in [0.15, 0.2) is 18.2 Å². The highest BCUT2D eigenvalue weighted by Gasteiger charge is 2.27. The number of carbonyl (C=O) groups is 2. The van der Waals surface area contributed by atoms with Crippen LogP contribution in [0.3, 0.4) is 0 Å². The van der Waals surface area contributed by atoms with Crippen LogP contribution in [0.25, 0.3) is 0 Å². The molecule has 1 aliphatic heterocycles. The van der Waals surface area contributed by atoms with E-state index in [9.17, 15) is 19.7 Å². The fourth-order valence-corrected chi connectivity index (χ4v) is 2.61. The minimum absolute atomic E-state index is 0.0365. The Morgan fingerprint density at radius 1 is 1.42 bits per heavy atom. The second kappa shape index (κ2) is 5.58. The molecule has 8 heteroatoms. The number of hydrogen-bond acceptors (Lipinski definition) is 5. The Bertz CT molecular complexity index is 548. The van der Waals surface area contributed by atoms with Crippen LogP contribution >= 0.6 is 23.4 Å². The highest BCUT2D eigenvalue weighted by atomic mass is 35.5. The Morgan fingerprint density at radius 3 is 2.79 bits per heavy atom. The van der Waals surface area contributed by atoms with E-state index in [1.54, 1.807) is 0 Å². The molecule has 100 valence electrons. The van der Waals surface area contributed by atoms with Gasteiger partial charge in [0.1, 0.15) is 0 Å². The van der Waals surface area contributed by atoms with Crippen molar-refractivity contribution >= 4 is 40.2 Å². The lowest BCUT2D eigenvalue weighted by Crippen LogP contribution is -2.37. The molecule has 1 saturated heterocycles. The van der Waals surface area contributed by atoms with Crippen molar-refractivity contribution < 1.29 is 14.5 Å². The standard InChI is InChI=1S/C11H9ClN2O4S/c12-9-2-1-8(14(17)18)5-7(9)6-13-10(15)3-4-19-11(13)16/h1-2,5H,3-4,6H2. The molecule has 0 aliphatic carbocycles. The molecule has 1 aliphatic rings. The molecule has 0 spiro atoms. The number of amides is 2. The van der Waals surface area contributed by atoms with Crippen LogP contribution in [-0.2, 0) is 11.3 Å². The average Bonchev–Trinajstić information content (AvgIpc) is 2.35. The van der Waals surface area contributed by atoms with Crippen molar-refractivity contribution in [2.45, 2.75) is 13.0 Å². The van der Waals surface area contributed by atoms with Gasteiger partial charge >= 0.3 is 0 Å². The lowest BCUT2D eigenvalue weighted by Gasteiger charge is -2.24. The number of rotatable bonds is 3. The highest BCUT2D eigenvalue weighted by Crippen LogP contribution is 2.26. The summed E-state index contributed by atoms with van der Waals surface area (Å²) in [5.41, 5.74) is 0.268. The largest absolute Gasteiger partial charge is 0.288 e. The first kappa shape index (κ1) is 13.8. The molecule has 2 rings (SSSR count). The van der Waals surface area contributed by atoms with E-state index in [4.69, 9.17) is 11.6 Å². The van der Waals surface area contributed by atoms with Gasteiger partial charge in [0.15, 0.2) is 0 Å². The van der Waals surface area contributed by atoms with Gasteiger partial charge in [-0.3, -0.25) is 24.6 Å². The van der Waals surface area contributed by atoms with Crippen LogP contribution in [0.2, 0.25) is 5.02 Å². The number of halogens is 1. The lowest BCUT2D eigenvalue weighted by molar-refractivity contribution is -0.384. The van der Waals surface area contributed by atoms with Crippen molar-refractivity contribution in [1.82, 2.24) is 4.90 Å². The van der Waals surface area contributed by atoms with Gasteiger partial charge in [0.05, 0.1) is 11.5 Å². The predicted octanol–water partition coefficient (Wildman–Crippen LogP) is 2.83. The number of carbonyl (C=O) groups excluding carboxylic acids is 2. The second-order valence-corrected chi connectivity index (χ2v) is 5.33. The van der Waals surface area contributed by atoms with Gasteiger partial charge in [-0.2, -0.15) is 0 Å². The van der Waals surface area contributed by atoms with Crippen molar-refractivity contribution in [3.8, 4) is 0 Å². The number of benzene rings is 1. The van der Waals surface area contributed by atoms with E-state index in [-0.39, 0.29) is 29.8 Å². The third kappa shape index (κ3) is 3.05. The minimum Gasteiger partial charge on any atom is -0.274 e. The summed E-state index contributed by atoms with van der Waals surface area (Å²) in [7, 11) is 0. The first-order valence-corrected chi connectivity index (χ1v) is 6.75. The maximum atomic E-state index is 11.7. The molecule has 0 N–H and O–H groups in total. The lowest BCUT2D eigenvalue weighted by atomic mass is 10.2. The van der Waals surface area contributed by atoms with E-state index in [0.29, 0.717) is 16.3 Å². The van der Waals surface area contributed by atoms with Crippen molar-refractivity contribution in [2.75, 3.05) is 5.75 Å². The zero-order valence-corrected chi connectivity index (χ0v) is 11.2. The smallest absolute Gasteiger partial charge is 0.274 e. The summed E-state index contributed by atoms with van der Waals surface area (Å²) >= 11 is 6.99. The number of nitrogens with zero attached hydrogens (tertiary/aromatic N) is 2. The molecule has 0 atom stereocenters. The normalized spacial score (nSPS) is 15.7. The Morgan fingerprint density at radius 2 is 2.16 bits per heavy atom. The van der Waals surface area contributed by atoms with Gasteiger partial charge in [0.25, 0.3) is 10.9 Å². The molecule has 6 nitrogen and oxygen atoms in total. The molecule has 0 unspecified atom stereocenters. The van der Waals surface area contributed by atoms with E-state index >= 15 is 0 Å². The summed E-state index contributed by atoms with van der Waals surface area (Å²) in [6.45, 7) is -0.0365. The van der Waals surface area contributed by atoms with Gasteiger partial charge in [-0.1, -0.05) is 23.4 Å². The van der Waals surface area contributed by atoms with Crippen molar-refractivity contribution in [3.05, 3.63) is 38.9 Å². The molecule has 0 radical (unpaired) electrons. The number of hydrogen-bond donors (Lipinski definition) is 0. The zero-order valence-electron chi connectivity index (χ0n) is 9.67. The van der Waals surface area contributed by atoms with Crippen LogP contribution in [0, 0.1) is 10.1 Å². The zero-order chi connectivity index (χ0) is 14.0. The van der Waals surface area contributed by atoms with Gasteiger partial charge in [-0.05, 0) is 11.6 Å². The van der Waals surface area contributed by atoms with E-state index in [2.05, 4.69) is 0 Å². The molecule has 1 aromatic carbocycles. The molecule has 1 aromatic rings. The molecular formula is C11H9ClN2O4S. The fourth-order valence-electron chi connectivity index (χ4n) is 1.66. The SMILES string of the molecule is O=C1CCSC(=O)N1Cc1cc([N+](=O)[O-])ccc1Cl. The number of imide groups is 1. The first-order valence-electron chi connectivity index (χ1n) is 5.39. The topological polar surface area (TPSA) is 80.5 Å². The van der Waals surface area contributed by atoms with Crippen LogP contribution in [0.5, 0.6) is 0 Å². The average molecular weight is 301 g/mol. The highest BCUT2D eigenvalue weighted by molar-refractivity contribution is 8.13. The summed E-state index contributed by atoms with van der Waals surface area (Å²) in [6.07, 6.45) is 0.281. The molecule has 1 heterocycles.